The van der Waals surface area contributed by atoms with Gasteiger partial charge in [0, 0.05) is 12.8 Å². The molecule has 0 N–H and O–H groups in total. The van der Waals surface area contributed by atoms with E-state index in [1.807, 2.05) is 21.1 Å². The molecule has 0 saturated carbocycles. The molecule has 0 saturated heterocycles. The number of ether oxygens (including phenoxy) is 4. The fourth-order valence-corrected chi connectivity index (χ4v) is 12.4. The van der Waals surface area contributed by atoms with Gasteiger partial charge in [0.2, 0.25) is 0 Å². The van der Waals surface area contributed by atoms with Gasteiger partial charge >= 0.3 is 11.9 Å². The summed E-state index contributed by atoms with van der Waals surface area (Å²) in [6.07, 6.45) is 121. The van der Waals surface area contributed by atoms with Crippen molar-refractivity contribution >= 4 is 17.9 Å². The number of carbonyl (C=O) groups excluding carboxylic acids is 3. The number of carboxylic acid groups (broad SMARTS) is 1. The minimum atomic E-state index is -1.64. The second kappa shape index (κ2) is 84.8. The number of unbranched alkanes of at least 4 members (excludes halogenated alkanes) is 42. The normalized spacial score (nSPS) is 13.3. The second-order valence-corrected chi connectivity index (χ2v) is 30.4. The molecule has 0 rings (SSSR count). The van der Waals surface area contributed by atoms with Crippen LogP contribution in [0.4, 0.5) is 0 Å². The van der Waals surface area contributed by atoms with E-state index in [1.54, 1.807) is 0 Å². The number of hydrogen-bond donors (Lipinski definition) is 0. The Morgan fingerprint density at radius 1 is 0.295 bits per heavy atom. The largest absolute Gasteiger partial charge is 0.545 e. The zero-order chi connectivity index (χ0) is 76.0. The Hall–Kier alpha value is -4.83. The van der Waals surface area contributed by atoms with Crippen molar-refractivity contribution in [3.63, 3.8) is 0 Å². The molecular formula is C96H165NO8. The van der Waals surface area contributed by atoms with E-state index in [0.717, 1.165) is 122 Å². The first-order valence-electron chi connectivity index (χ1n) is 44.0. The van der Waals surface area contributed by atoms with Crippen molar-refractivity contribution in [2.24, 2.45) is 0 Å². The quantitative estimate of drug-likeness (QED) is 0.0195. The Morgan fingerprint density at radius 3 is 0.819 bits per heavy atom. The lowest BCUT2D eigenvalue weighted by atomic mass is 10.0. The number of esters is 2. The molecule has 0 amide bonds. The number of likely N-dealkylation sites (N-methyl/N-ethyl adjacent to an activating group) is 1. The third-order valence-corrected chi connectivity index (χ3v) is 19.1. The van der Waals surface area contributed by atoms with Crippen LogP contribution < -0.4 is 5.11 Å². The summed E-state index contributed by atoms with van der Waals surface area (Å²) in [6.45, 7) is 4.64. The highest BCUT2D eigenvalue weighted by atomic mass is 16.7. The van der Waals surface area contributed by atoms with E-state index in [-0.39, 0.29) is 38.6 Å². The van der Waals surface area contributed by atoms with Crippen LogP contribution in [0.3, 0.4) is 0 Å². The van der Waals surface area contributed by atoms with E-state index in [0.29, 0.717) is 17.4 Å². The third kappa shape index (κ3) is 86.3. The molecule has 0 radical (unpaired) electrons. The molecule has 0 heterocycles. The fourth-order valence-electron chi connectivity index (χ4n) is 12.4. The standard InChI is InChI=1S/C96H165NO8/c1-6-8-10-12-14-16-18-20-22-24-26-28-30-32-34-36-38-40-42-44-46-47-49-50-52-54-56-58-60-62-64-66-68-70-72-74-76-78-80-82-84-86-93(98)103-90-92(91-104-96(95(100)101)102-89-88-97(3,4)5)105-94(99)87-85-83-81-79-77-75-73-71-69-67-65-63-61-59-57-55-53-51-48-45-43-41-39-37-35-33-31-29-27-25-23-21-19-17-15-13-11-9-7-2/h9,11,15,17,21,23-24,26-27,29,33,35,39,41,45,48,53,55,59,61,65,67,71,73,92,96H,6-8,10,12-14,16,18-20,22,25,28,30-32,34,36-38,40,42-44,46-47,49-52,54,56-58,60,62-64,66,68-70,72,74-91H2,1-5H3/b11-9-,17-15-,23-21-,26-24-,29-27-,35-33-,41-39-,48-45-,55-53-,61-59-,67-65-,73-71-. The Labute approximate surface area is 649 Å². The van der Waals surface area contributed by atoms with E-state index in [1.165, 1.54) is 231 Å². The summed E-state index contributed by atoms with van der Waals surface area (Å²) in [5, 5.41) is 11.9. The zero-order valence-electron chi connectivity index (χ0n) is 69.1. The molecule has 0 fully saturated rings. The summed E-state index contributed by atoms with van der Waals surface area (Å²) in [5.74, 6) is -2.30. The number of allylic oxidation sites excluding steroid dienone is 24. The molecule has 0 aliphatic heterocycles. The smallest absolute Gasteiger partial charge is 0.306 e. The number of quaternary nitrogens is 1. The molecule has 0 bridgehead atoms. The maximum Gasteiger partial charge on any atom is 0.306 e. The molecule has 105 heavy (non-hydrogen) atoms. The van der Waals surface area contributed by atoms with Crippen molar-refractivity contribution in [1.82, 2.24) is 0 Å². The number of rotatable bonds is 81. The first-order chi connectivity index (χ1) is 51.6. The minimum Gasteiger partial charge on any atom is -0.545 e. The molecule has 9 nitrogen and oxygen atoms in total. The monoisotopic (exact) mass is 1460 g/mol. The van der Waals surface area contributed by atoms with Gasteiger partial charge in [-0.05, 0) is 122 Å². The molecule has 0 aromatic carbocycles. The van der Waals surface area contributed by atoms with E-state index in [4.69, 9.17) is 18.9 Å². The number of aliphatic carboxylic acids is 1. The number of carbonyl (C=O) groups is 3. The van der Waals surface area contributed by atoms with E-state index in [2.05, 4.69) is 160 Å². The topological polar surface area (TPSA) is 111 Å². The summed E-state index contributed by atoms with van der Waals surface area (Å²) in [6, 6.07) is 0. The average molecular weight is 1460 g/mol. The molecule has 2 atom stereocenters. The average Bonchev–Trinajstić information content (AvgIpc) is 1.97. The molecule has 0 spiro atoms. The van der Waals surface area contributed by atoms with Gasteiger partial charge in [0.15, 0.2) is 12.4 Å². The Morgan fingerprint density at radius 2 is 0.543 bits per heavy atom. The molecule has 0 aromatic rings. The lowest BCUT2D eigenvalue weighted by molar-refractivity contribution is -0.870. The second-order valence-electron chi connectivity index (χ2n) is 30.4. The van der Waals surface area contributed by atoms with Gasteiger partial charge in [-0.15, -0.1) is 0 Å². The lowest BCUT2D eigenvalue weighted by Crippen LogP contribution is -2.44. The van der Waals surface area contributed by atoms with Crippen LogP contribution in [0.5, 0.6) is 0 Å². The van der Waals surface area contributed by atoms with Crippen LogP contribution >= 0.6 is 0 Å². The van der Waals surface area contributed by atoms with Crippen LogP contribution in [0, 0.1) is 0 Å². The summed E-state index contributed by atoms with van der Waals surface area (Å²) >= 11 is 0. The van der Waals surface area contributed by atoms with Crippen molar-refractivity contribution in [2.45, 2.75) is 399 Å². The maximum atomic E-state index is 13.0. The zero-order valence-corrected chi connectivity index (χ0v) is 69.1. The molecule has 2 unspecified atom stereocenters. The van der Waals surface area contributed by atoms with E-state index < -0.39 is 24.3 Å². The van der Waals surface area contributed by atoms with Crippen molar-refractivity contribution in [1.29, 1.82) is 0 Å². The first kappa shape index (κ1) is 100. The number of hydrogen-bond acceptors (Lipinski definition) is 8. The predicted molar refractivity (Wildman–Crippen MR) is 453 cm³/mol. The van der Waals surface area contributed by atoms with Crippen molar-refractivity contribution in [3.8, 4) is 0 Å². The summed E-state index contributed by atoms with van der Waals surface area (Å²) in [7, 11) is 5.93. The number of carboxylic acids is 1. The van der Waals surface area contributed by atoms with Gasteiger partial charge in [-0.2, -0.15) is 0 Å². The summed E-state index contributed by atoms with van der Waals surface area (Å²) < 4.78 is 22.9. The van der Waals surface area contributed by atoms with Crippen LogP contribution in [0.25, 0.3) is 0 Å². The molecule has 0 aromatic heterocycles. The van der Waals surface area contributed by atoms with Crippen LogP contribution in [0.2, 0.25) is 0 Å². The predicted octanol–water partition coefficient (Wildman–Crippen LogP) is 27.6. The van der Waals surface area contributed by atoms with Gasteiger partial charge in [-0.3, -0.25) is 9.59 Å². The fraction of sp³-hybridized carbons (Fsp3) is 0.719. The van der Waals surface area contributed by atoms with Crippen LogP contribution in [0.1, 0.15) is 386 Å². The van der Waals surface area contributed by atoms with E-state index >= 15 is 0 Å². The van der Waals surface area contributed by atoms with Gasteiger partial charge in [0.25, 0.3) is 0 Å². The van der Waals surface area contributed by atoms with Crippen molar-refractivity contribution in [2.75, 3.05) is 47.5 Å². The Kier molecular flexibility index (Phi) is 80.9. The maximum absolute atomic E-state index is 13.0. The summed E-state index contributed by atoms with van der Waals surface area (Å²) in [4.78, 5) is 37.7. The highest BCUT2D eigenvalue weighted by molar-refractivity contribution is 5.70. The highest BCUT2D eigenvalue weighted by Gasteiger charge is 2.22. The van der Waals surface area contributed by atoms with Gasteiger partial charge in [0.05, 0.1) is 40.3 Å². The SMILES string of the molecule is CC/C=C\C/C=C\C/C=C\C/C=C\C/C=C\C/C=C\C/C=C\C/C=C\C/C=C\C/C=C\C/C=C\CCCCCCCC(=O)OC(COC(=O)CCCCCCCCCCCCCCCCCCCCCCCCCCCCCCC/C=C\CCCCCCCCCC)COC(OCC[N+](C)(C)C)C(=O)[O-]. The Bertz CT molecular complexity index is 2250. The number of nitrogens with zero attached hydrogens (tertiary/aromatic N) is 1. The molecular weight excluding hydrogens is 1300 g/mol. The lowest BCUT2D eigenvalue weighted by Gasteiger charge is -2.26. The minimum absolute atomic E-state index is 0.138. The third-order valence-electron chi connectivity index (χ3n) is 19.1. The van der Waals surface area contributed by atoms with Crippen molar-refractivity contribution < 1.29 is 42.9 Å². The van der Waals surface area contributed by atoms with Crippen LogP contribution in [0.15, 0.2) is 146 Å². The Balaban J connectivity index is 4.04. The molecule has 9 heteroatoms. The van der Waals surface area contributed by atoms with Crippen LogP contribution in [-0.2, 0) is 33.3 Å². The first-order valence-corrected chi connectivity index (χ1v) is 44.0. The highest BCUT2D eigenvalue weighted by Crippen LogP contribution is 2.19. The van der Waals surface area contributed by atoms with Gasteiger partial charge in [-0.25, -0.2) is 0 Å². The molecule has 0 aliphatic carbocycles. The van der Waals surface area contributed by atoms with Gasteiger partial charge in [-0.1, -0.05) is 397 Å². The van der Waals surface area contributed by atoms with Gasteiger partial charge < -0.3 is 33.3 Å². The van der Waals surface area contributed by atoms with Crippen LogP contribution in [-0.4, -0.2) is 82.3 Å². The van der Waals surface area contributed by atoms with Crippen molar-refractivity contribution in [3.05, 3.63) is 146 Å². The van der Waals surface area contributed by atoms with Gasteiger partial charge in [0.1, 0.15) is 13.2 Å². The molecule has 602 valence electrons. The summed E-state index contributed by atoms with van der Waals surface area (Å²) in [5.41, 5.74) is 0. The molecule has 0 aliphatic rings. The van der Waals surface area contributed by atoms with E-state index in [9.17, 15) is 19.5 Å².